The summed E-state index contributed by atoms with van der Waals surface area (Å²) in [5.41, 5.74) is 2.19. The van der Waals surface area contributed by atoms with Crippen LogP contribution >= 0.6 is 0 Å². The summed E-state index contributed by atoms with van der Waals surface area (Å²) in [6.45, 7) is 7.00. The molecule has 0 aliphatic rings. The van der Waals surface area contributed by atoms with Crippen LogP contribution in [0.3, 0.4) is 0 Å². The van der Waals surface area contributed by atoms with Crippen molar-refractivity contribution in [2.75, 3.05) is 23.3 Å². The van der Waals surface area contributed by atoms with Crippen LogP contribution in [0.4, 0.5) is 11.5 Å². The molecule has 4 nitrogen and oxygen atoms in total. The molecule has 0 saturated carbocycles. The van der Waals surface area contributed by atoms with E-state index in [0.717, 1.165) is 36.7 Å². The van der Waals surface area contributed by atoms with Crippen molar-refractivity contribution in [3.8, 4) is 0 Å². The minimum Gasteiger partial charge on any atom is -0.380 e. The average molecular weight is 256 g/mol. The van der Waals surface area contributed by atoms with E-state index in [2.05, 4.69) is 52.2 Å². The van der Waals surface area contributed by atoms with E-state index >= 15 is 0 Å². The van der Waals surface area contributed by atoms with Crippen LogP contribution in [0.15, 0.2) is 42.9 Å². The van der Waals surface area contributed by atoms with Crippen LogP contribution in [0.1, 0.15) is 19.4 Å². The molecule has 2 rings (SSSR count). The van der Waals surface area contributed by atoms with E-state index in [1.807, 2.05) is 18.5 Å². The first-order valence-corrected chi connectivity index (χ1v) is 6.67. The largest absolute Gasteiger partial charge is 0.380 e. The van der Waals surface area contributed by atoms with Crippen molar-refractivity contribution in [2.24, 2.45) is 0 Å². The van der Waals surface area contributed by atoms with Crippen LogP contribution in [0.2, 0.25) is 0 Å². The Morgan fingerprint density at radius 3 is 2.53 bits per heavy atom. The molecule has 0 fully saturated rings. The average Bonchev–Trinajstić information content (AvgIpc) is 2.49. The van der Waals surface area contributed by atoms with Gasteiger partial charge in [-0.1, -0.05) is 6.07 Å². The standard InChI is InChI=1S/C15H20N4/c1-3-19(4-2)15-8-7-14(12-18-15)17-11-13-6-5-9-16-10-13/h5-10,12,17H,3-4,11H2,1-2H3. The van der Waals surface area contributed by atoms with Crippen molar-refractivity contribution in [3.63, 3.8) is 0 Å². The lowest BCUT2D eigenvalue weighted by Crippen LogP contribution is -2.22. The molecular weight excluding hydrogens is 236 g/mol. The van der Waals surface area contributed by atoms with Gasteiger partial charge in [-0.3, -0.25) is 4.98 Å². The molecule has 19 heavy (non-hydrogen) atoms. The van der Waals surface area contributed by atoms with Crippen LogP contribution in [0.25, 0.3) is 0 Å². The summed E-state index contributed by atoms with van der Waals surface area (Å²) in [5, 5.41) is 3.34. The molecule has 0 radical (unpaired) electrons. The van der Waals surface area contributed by atoms with Gasteiger partial charge in [-0.05, 0) is 37.6 Å². The van der Waals surface area contributed by atoms with Gasteiger partial charge >= 0.3 is 0 Å². The zero-order valence-electron chi connectivity index (χ0n) is 11.5. The number of nitrogens with one attached hydrogen (secondary N) is 1. The molecule has 4 heteroatoms. The second-order valence-electron chi connectivity index (χ2n) is 4.29. The van der Waals surface area contributed by atoms with Crippen molar-refractivity contribution in [2.45, 2.75) is 20.4 Å². The van der Waals surface area contributed by atoms with Gasteiger partial charge in [-0.2, -0.15) is 0 Å². The molecule has 0 aromatic carbocycles. The summed E-state index contributed by atoms with van der Waals surface area (Å²) >= 11 is 0. The Labute approximate surface area is 114 Å². The summed E-state index contributed by atoms with van der Waals surface area (Å²) in [5.74, 6) is 1.02. The topological polar surface area (TPSA) is 41.0 Å². The highest BCUT2D eigenvalue weighted by molar-refractivity contribution is 5.48. The fraction of sp³-hybridized carbons (Fsp3) is 0.333. The van der Waals surface area contributed by atoms with Crippen LogP contribution in [-0.4, -0.2) is 23.1 Å². The van der Waals surface area contributed by atoms with Gasteiger partial charge in [0.15, 0.2) is 0 Å². The number of pyridine rings is 2. The molecule has 0 amide bonds. The number of rotatable bonds is 6. The van der Waals surface area contributed by atoms with E-state index in [1.165, 1.54) is 0 Å². The van der Waals surface area contributed by atoms with Crippen molar-refractivity contribution >= 4 is 11.5 Å². The monoisotopic (exact) mass is 256 g/mol. The Morgan fingerprint density at radius 1 is 1.11 bits per heavy atom. The minimum absolute atomic E-state index is 0.764. The number of aromatic nitrogens is 2. The minimum atomic E-state index is 0.764. The molecule has 100 valence electrons. The maximum atomic E-state index is 4.48. The van der Waals surface area contributed by atoms with Gasteiger partial charge in [0, 0.05) is 32.0 Å². The number of hydrogen-bond donors (Lipinski definition) is 1. The van der Waals surface area contributed by atoms with Crippen LogP contribution in [-0.2, 0) is 6.54 Å². The van der Waals surface area contributed by atoms with E-state index < -0.39 is 0 Å². The maximum absolute atomic E-state index is 4.48. The first-order valence-electron chi connectivity index (χ1n) is 6.67. The van der Waals surface area contributed by atoms with Gasteiger partial charge in [0.05, 0.1) is 11.9 Å². The van der Waals surface area contributed by atoms with Gasteiger partial charge in [-0.15, -0.1) is 0 Å². The molecule has 0 atom stereocenters. The maximum Gasteiger partial charge on any atom is 0.128 e. The molecule has 0 spiro atoms. The van der Waals surface area contributed by atoms with Crippen molar-refractivity contribution in [1.29, 1.82) is 0 Å². The zero-order valence-corrected chi connectivity index (χ0v) is 11.5. The van der Waals surface area contributed by atoms with Gasteiger partial charge in [0.25, 0.3) is 0 Å². The predicted molar refractivity (Wildman–Crippen MR) is 79.4 cm³/mol. The van der Waals surface area contributed by atoms with E-state index in [4.69, 9.17) is 0 Å². The number of anilines is 2. The molecule has 2 aromatic heterocycles. The molecule has 0 bridgehead atoms. The SMILES string of the molecule is CCN(CC)c1ccc(NCc2cccnc2)cn1. The first-order chi connectivity index (χ1) is 9.33. The van der Waals surface area contributed by atoms with Gasteiger partial charge in [0.1, 0.15) is 5.82 Å². The summed E-state index contributed by atoms with van der Waals surface area (Å²) in [7, 11) is 0. The van der Waals surface area contributed by atoms with Crippen molar-refractivity contribution < 1.29 is 0 Å². The Morgan fingerprint density at radius 2 is 1.95 bits per heavy atom. The lowest BCUT2D eigenvalue weighted by molar-refractivity contribution is 0.846. The van der Waals surface area contributed by atoms with Crippen molar-refractivity contribution in [1.82, 2.24) is 9.97 Å². The normalized spacial score (nSPS) is 10.2. The molecule has 0 aliphatic carbocycles. The van der Waals surface area contributed by atoms with E-state index in [9.17, 15) is 0 Å². The number of hydrogen-bond acceptors (Lipinski definition) is 4. The molecule has 0 aliphatic heterocycles. The van der Waals surface area contributed by atoms with Gasteiger partial charge in [0.2, 0.25) is 0 Å². The van der Waals surface area contributed by atoms with E-state index in [-0.39, 0.29) is 0 Å². The lowest BCUT2D eigenvalue weighted by atomic mass is 10.3. The lowest BCUT2D eigenvalue weighted by Gasteiger charge is -2.19. The Bertz CT molecular complexity index is 477. The Kier molecular flexibility index (Phi) is 4.72. The Hall–Kier alpha value is -2.10. The third-order valence-corrected chi connectivity index (χ3v) is 3.05. The molecule has 1 N–H and O–H groups in total. The third-order valence-electron chi connectivity index (χ3n) is 3.05. The first kappa shape index (κ1) is 13.3. The third kappa shape index (κ3) is 3.68. The highest BCUT2D eigenvalue weighted by Gasteiger charge is 2.02. The van der Waals surface area contributed by atoms with Gasteiger partial charge in [-0.25, -0.2) is 4.98 Å². The molecule has 2 aromatic rings. The summed E-state index contributed by atoms with van der Waals surface area (Å²) in [6.07, 6.45) is 5.53. The summed E-state index contributed by atoms with van der Waals surface area (Å²) < 4.78 is 0. The van der Waals surface area contributed by atoms with Crippen LogP contribution in [0, 0.1) is 0 Å². The molecule has 0 unspecified atom stereocenters. The molecular formula is C15H20N4. The summed E-state index contributed by atoms with van der Waals surface area (Å²) in [6, 6.07) is 8.12. The van der Waals surface area contributed by atoms with E-state index in [0.29, 0.717) is 0 Å². The highest BCUT2D eigenvalue weighted by atomic mass is 15.2. The van der Waals surface area contributed by atoms with Crippen LogP contribution < -0.4 is 10.2 Å². The second-order valence-corrected chi connectivity index (χ2v) is 4.29. The quantitative estimate of drug-likeness (QED) is 0.862. The summed E-state index contributed by atoms with van der Waals surface area (Å²) in [4.78, 5) is 10.8. The number of nitrogens with zero attached hydrogens (tertiary/aromatic N) is 3. The van der Waals surface area contributed by atoms with E-state index in [1.54, 1.807) is 6.20 Å². The smallest absolute Gasteiger partial charge is 0.128 e. The second kappa shape index (κ2) is 6.73. The fourth-order valence-corrected chi connectivity index (χ4v) is 1.93. The zero-order chi connectivity index (χ0) is 13.5. The molecule has 2 heterocycles. The van der Waals surface area contributed by atoms with Crippen molar-refractivity contribution in [3.05, 3.63) is 48.4 Å². The molecule has 0 saturated heterocycles. The highest BCUT2D eigenvalue weighted by Crippen LogP contribution is 2.14. The Balaban J connectivity index is 1.95. The predicted octanol–water partition coefficient (Wildman–Crippen LogP) is 2.93. The van der Waals surface area contributed by atoms with Crippen LogP contribution in [0.5, 0.6) is 0 Å². The fourth-order valence-electron chi connectivity index (χ4n) is 1.93. The van der Waals surface area contributed by atoms with Gasteiger partial charge < -0.3 is 10.2 Å².